The molecule has 2 N–H and O–H groups in total. The van der Waals surface area contributed by atoms with Crippen LogP contribution in [0.15, 0.2) is 0 Å². The van der Waals surface area contributed by atoms with E-state index in [0.29, 0.717) is 6.42 Å². The second kappa shape index (κ2) is 3.51. The molecule has 1 aliphatic rings. The summed E-state index contributed by atoms with van der Waals surface area (Å²) < 4.78 is 22.6. The Morgan fingerprint density at radius 3 is 2.81 bits per heavy atom. The number of H-pyrrole nitrogens is 1. The predicted octanol–water partition coefficient (Wildman–Crippen LogP) is -1.49. The normalized spacial score (nSPS) is 27.8. The molecule has 9 heteroatoms. The van der Waals surface area contributed by atoms with Crippen LogP contribution in [0.3, 0.4) is 0 Å². The molecular weight excluding hydrogens is 234 g/mol. The number of amides is 1. The molecule has 0 aromatic carbocycles. The SMILES string of the molecule is CC1(NC(=O)c2nn[nH]n2)CCS(=O)(=O)C1. The molecule has 0 radical (unpaired) electrons. The van der Waals surface area contributed by atoms with Gasteiger partial charge in [-0.2, -0.15) is 5.21 Å². The molecule has 0 spiro atoms. The van der Waals surface area contributed by atoms with Gasteiger partial charge in [0.1, 0.15) is 0 Å². The fourth-order valence-electron chi connectivity index (χ4n) is 1.70. The first-order valence-electron chi connectivity index (χ1n) is 4.67. The van der Waals surface area contributed by atoms with Gasteiger partial charge in [0, 0.05) is 0 Å². The molecule has 1 amide bonds. The number of carbonyl (C=O) groups is 1. The largest absolute Gasteiger partial charge is 0.343 e. The number of rotatable bonds is 2. The van der Waals surface area contributed by atoms with E-state index >= 15 is 0 Å². The molecule has 2 rings (SSSR count). The third-order valence-corrected chi connectivity index (χ3v) is 4.37. The van der Waals surface area contributed by atoms with Crippen molar-refractivity contribution >= 4 is 15.7 Å². The van der Waals surface area contributed by atoms with Gasteiger partial charge in [-0.1, -0.05) is 0 Å². The third kappa shape index (κ3) is 2.18. The fraction of sp³-hybridized carbons (Fsp3) is 0.714. The molecule has 0 saturated carbocycles. The van der Waals surface area contributed by atoms with Crippen molar-refractivity contribution in [2.45, 2.75) is 18.9 Å². The summed E-state index contributed by atoms with van der Waals surface area (Å²) in [5.74, 6) is -0.571. The van der Waals surface area contributed by atoms with Gasteiger partial charge in [0.25, 0.3) is 11.7 Å². The van der Waals surface area contributed by atoms with E-state index in [1.54, 1.807) is 6.92 Å². The zero-order valence-electron chi connectivity index (χ0n) is 8.60. The molecule has 2 heterocycles. The van der Waals surface area contributed by atoms with E-state index in [9.17, 15) is 13.2 Å². The van der Waals surface area contributed by atoms with Gasteiger partial charge in [-0.05, 0) is 18.6 Å². The molecule has 16 heavy (non-hydrogen) atoms. The summed E-state index contributed by atoms with van der Waals surface area (Å²) in [5.41, 5.74) is -0.740. The zero-order chi connectivity index (χ0) is 11.8. The number of aromatic amines is 1. The van der Waals surface area contributed by atoms with Crippen molar-refractivity contribution in [2.75, 3.05) is 11.5 Å². The Kier molecular flexibility index (Phi) is 2.41. The van der Waals surface area contributed by atoms with Crippen LogP contribution in [-0.2, 0) is 9.84 Å². The van der Waals surface area contributed by atoms with Crippen LogP contribution in [0.1, 0.15) is 24.0 Å². The van der Waals surface area contributed by atoms with E-state index in [0.717, 1.165) is 0 Å². The van der Waals surface area contributed by atoms with Crippen LogP contribution < -0.4 is 5.32 Å². The Morgan fingerprint density at radius 1 is 1.56 bits per heavy atom. The minimum Gasteiger partial charge on any atom is -0.343 e. The molecule has 0 bridgehead atoms. The van der Waals surface area contributed by atoms with Crippen molar-refractivity contribution in [3.05, 3.63) is 5.82 Å². The lowest BCUT2D eigenvalue weighted by molar-refractivity contribution is 0.0904. The minimum atomic E-state index is -3.05. The van der Waals surface area contributed by atoms with E-state index in [4.69, 9.17) is 0 Å². The number of nitrogens with zero attached hydrogens (tertiary/aromatic N) is 3. The predicted molar refractivity (Wildman–Crippen MR) is 53.3 cm³/mol. The highest BCUT2D eigenvalue weighted by Gasteiger charge is 2.40. The Labute approximate surface area is 91.7 Å². The maximum Gasteiger partial charge on any atom is 0.293 e. The van der Waals surface area contributed by atoms with Gasteiger partial charge >= 0.3 is 0 Å². The van der Waals surface area contributed by atoms with E-state index in [1.165, 1.54) is 0 Å². The van der Waals surface area contributed by atoms with Crippen LogP contribution in [-0.4, -0.2) is 52.0 Å². The molecule has 1 atom stereocenters. The Balaban J connectivity index is 2.09. The number of tetrazole rings is 1. The van der Waals surface area contributed by atoms with Crippen LogP contribution >= 0.6 is 0 Å². The summed E-state index contributed by atoms with van der Waals surface area (Å²) in [6, 6.07) is 0. The second-order valence-corrected chi connectivity index (χ2v) is 6.28. The average molecular weight is 245 g/mol. The van der Waals surface area contributed by atoms with Crippen LogP contribution in [0.5, 0.6) is 0 Å². The standard InChI is InChI=1S/C7H11N5O3S/c1-7(2-3-16(14,15)4-7)8-6(13)5-9-11-12-10-5/h2-4H2,1H3,(H,8,13)(H,9,10,11,12). The first-order valence-corrected chi connectivity index (χ1v) is 6.49. The highest BCUT2D eigenvalue weighted by molar-refractivity contribution is 7.91. The summed E-state index contributed by atoms with van der Waals surface area (Å²) in [6.07, 6.45) is 0.402. The number of carbonyl (C=O) groups excluding carboxylic acids is 1. The second-order valence-electron chi connectivity index (χ2n) is 4.09. The third-order valence-electron chi connectivity index (χ3n) is 2.47. The average Bonchev–Trinajstić information content (AvgIpc) is 2.73. The van der Waals surface area contributed by atoms with Crippen molar-refractivity contribution in [3.63, 3.8) is 0 Å². The number of hydrogen-bond donors (Lipinski definition) is 2. The van der Waals surface area contributed by atoms with Gasteiger partial charge in [0.05, 0.1) is 17.0 Å². The van der Waals surface area contributed by atoms with Crippen molar-refractivity contribution in [2.24, 2.45) is 0 Å². The minimum absolute atomic E-state index is 0.0520. The first-order chi connectivity index (χ1) is 7.40. The van der Waals surface area contributed by atoms with E-state index < -0.39 is 21.3 Å². The molecule has 1 aromatic heterocycles. The van der Waals surface area contributed by atoms with Gasteiger partial charge < -0.3 is 5.32 Å². The molecular formula is C7H11N5O3S. The maximum absolute atomic E-state index is 11.6. The van der Waals surface area contributed by atoms with Gasteiger partial charge in [-0.15, -0.1) is 10.2 Å². The van der Waals surface area contributed by atoms with Crippen molar-refractivity contribution in [3.8, 4) is 0 Å². The summed E-state index contributed by atoms with van der Waals surface area (Å²) in [5, 5.41) is 15.1. The van der Waals surface area contributed by atoms with Gasteiger partial charge in [-0.25, -0.2) is 8.42 Å². The number of aromatic nitrogens is 4. The van der Waals surface area contributed by atoms with Crippen molar-refractivity contribution < 1.29 is 13.2 Å². The highest BCUT2D eigenvalue weighted by atomic mass is 32.2. The van der Waals surface area contributed by atoms with E-state index in [-0.39, 0.29) is 17.3 Å². The lowest BCUT2D eigenvalue weighted by Gasteiger charge is -2.22. The monoisotopic (exact) mass is 245 g/mol. The summed E-state index contributed by atoms with van der Waals surface area (Å²) in [4.78, 5) is 11.6. The topological polar surface area (TPSA) is 118 Å². The van der Waals surface area contributed by atoms with Crippen LogP contribution in [0.25, 0.3) is 0 Å². The fourth-order valence-corrected chi connectivity index (χ4v) is 3.79. The van der Waals surface area contributed by atoms with E-state index in [2.05, 4.69) is 25.9 Å². The lowest BCUT2D eigenvalue weighted by Crippen LogP contribution is -2.47. The van der Waals surface area contributed by atoms with Crippen LogP contribution in [0.4, 0.5) is 0 Å². The lowest BCUT2D eigenvalue weighted by atomic mass is 10.0. The number of sulfone groups is 1. The Hall–Kier alpha value is -1.51. The van der Waals surface area contributed by atoms with Gasteiger partial charge in [0.15, 0.2) is 9.84 Å². The van der Waals surface area contributed by atoms with Crippen LogP contribution in [0, 0.1) is 0 Å². The summed E-state index contributed by atoms with van der Waals surface area (Å²) in [7, 11) is -3.05. The van der Waals surface area contributed by atoms with Crippen molar-refractivity contribution in [1.29, 1.82) is 0 Å². The number of hydrogen-bond acceptors (Lipinski definition) is 6. The van der Waals surface area contributed by atoms with Crippen molar-refractivity contribution in [1.82, 2.24) is 25.9 Å². The highest BCUT2D eigenvalue weighted by Crippen LogP contribution is 2.22. The zero-order valence-corrected chi connectivity index (χ0v) is 9.41. The van der Waals surface area contributed by atoms with Gasteiger partial charge in [0.2, 0.25) is 0 Å². The smallest absolute Gasteiger partial charge is 0.293 e. The maximum atomic E-state index is 11.6. The summed E-state index contributed by atoms with van der Waals surface area (Å²) in [6.45, 7) is 1.69. The molecule has 1 unspecified atom stereocenters. The van der Waals surface area contributed by atoms with E-state index in [1.807, 2.05) is 0 Å². The molecule has 8 nitrogen and oxygen atoms in total. The molecule has 1 fully saturated rings. The Bertz CT molecular complexity index is 496. The molecule has 88 valence electrons. The molecule has 0 aliphatic carbocycles. The quantitative estimate of drug-likeness (QED) is 0.655. The Morgan fingerprint density at radius 2 is 2.31 bits per heavy atom. The van der Waals surface area contributed by atoms with Crippen LogP contribution in [0.2, 0.25) is 0 Å². The first kappa shape index (κ1) is 11.0. The molecule has 1 saturated heterocycles. The summed E-state index contributed by atoms with van der Waals surface area (Å²) >= 11 is 0. The molecule has 1 aliphatic heterocycles. The number of nitrogens with one attached hydrogen (secondary N) is 2. The molecule has 1 aromatic rings. The van der Waals surface area contributed by atoms with Gasteiger partial charge in [-0.3, -0.25) is 4.79 Å².